The van der Waals surface area contributed by atoms with Crippen LogP contribution in [0, 0.1) is 0 Å². The number of hydrogen-bond donors (Lipinski definition) is 0. The summed E-state index contributed by atoms with van der Waals surface area (Å²) in [4.78, 5) is 0. The summed E-state index contributed by atoms with van der Waals surface area (Å²) in [6.45, 7) is 0.508. The molecule has 0 unspecified atom stereocenters. The second-order valence-electron chi connectivity index (χ2n) is 2.85. The third-order valence-electron chi connectivity index (χ3n) is 1.98. The largest absolute Gasteiger partial charge is 0.492 e. The van der Waals surface area contributed by atoms with Gasteiger partial charge in [-0.25, -0.2) is 0 Å². The highest BCUT2D eigenvalue weighted by Crippen LogP contribution is 2.26. The highest BCUT2D eigenvalue weighted by Gasteiger charge is 2.04. The Bertz CT molecular complexity index is 439. The molecule has 14 heavy (non-hydrogen) atoms. The smallest absolute Gasteiger partial charge is 0.128 e. The summed E-state index contributed by atoms with van der Waals surface area (Å²) >= 11 is 11.5. The van der Waals surface area contributed by atoms with Crippen molar-refractivity contribution in [1.29, 1.82) is 0 Å². The van der Waals surface area contributed by atoms with E-state index in [9.17, 15) is 0 Å². The van der Waals surface area contributed by atoms with Gasteiger partial charge in [-0.1, -0.05) is 6.07 Å². The van der Waals surface area contributed by atoms with Gasteiger partial charge in [0.25, 0.3) is 0 Å². The number of fused-ring (bicyclic) bond motifs is 1. The molecule has 0 bridgehead atoms. The molecule has 0 fully saturated rings. The Morgan fingerprint density at radius 1 is 1.29 bits per heavy atom. The first-order valence-corrected chi connectivity index (χ1v) is 5.15. The maximum absolute atomic E-state index is 5.91. The van der Waals surface area contributed by atoms with E-state index < -0.39 is 0 Å². The molecule has 0 aliphatic heterocycles. The number of nitrogens with zero attached hydrogens (tertiary/aromatic N) is 1. The van der Waals surface area contributed by atoms with Gasteiger partial charge in [0.05, 0.1) is 11.4 Å². The molecule has 74 valence electrons. The second kappa shape index (κ2) is 4.11. The van der Waals surface area contributed by atoms with Crippen LogP contribution < -0.4 is 4.74 Å². The molecule has 1 aromatic heterocycles. The lowest BCUT2D eigenvalue weighted by atomic mass is 10.2. The van der Waals surface area contributed by atoms with E-state index in [-0.39, 0.29) is 0 Å². The standard InChI is InChI=1S/C10H9Cl2NO/c11-5-7-14-10-3-1-2-9-8(10)4-6-13(9)12/h1-4,6H,5,7H2. The fourth-order valence-electron chi connectivity index (χ4n) is 1.38. The molecule has 0 saturated carbocycles. The van der Waals surface area contributed by atoms with Crippen LogP contribution in [0.15, 0.2) is 30.5 Å². The van der Waals surface area contributed by atoms with E-state index in [1.54, 1.807) is 10.3 Å². The van der Waals surface area contributed by atoms with E-state index in [0.29, 0.717) is 12.5 Å². The average Bonchev–Trinajstić information content (AvgIpc) is 2.58. The molecule has 2 aromatic rings. The molecule has 4 heteroatoms. The van der Waals surface area contributed by atoms with Gasteiger partial charge in [0, 0.05) is 23.4 Å². The first-order valence-electron chi connectivity index (χ1n) is 4.28. The van der Waals surface area contributed by atoms with E-state index in [1.165, 1.54) is 0 Å². The summed E-state index contributed by atoms with van der Waals surface area (Å²) in [6, 6.07) is 7.68. The molecule has 1 heterocycles. The summed E-state index contributed by atoms with van der Waals surface area (Å²) < 4.78 is 7.02. The van der Waals surface area contributed by atoms with E-state index in [4.69, 9.17) is 28.1 Å². The van der Waals surface area contributed by atoms with Crippen molar-refractivity contribution in [1.82, 2.24) is 4.09 Å². The second-order valence-corrected chi connectivity index (χ2v) is 3.60. The summed E-state index contributed by atoms with van der Waals surface area (Å²) in [5.41, 5.74) is 0.943. The Labute approximate surface area is 92.1 Å². The van der Waals surface area contributed by atoms with Crippen molar-refractivity contribution in [3.05, 3.63) is 30.5 Å². The molecule has 0 saturated heterocycles. The Morgan fingerprint density at radius 2 is 2.14 bits per heavy atom. The van der Waals surface area contributed by atoms with E-state index in [2.05, 4.69) is 0 Å². The van der Waals surface area contributed by atoms with Crippen molar-refractivity contribution in [2.75, 3.05) is 12.5 Å². The van der Waals surface area contributed by atoms with Gasteiger partial charge in [-0.2, -0.15) is 0 Å². The van der Waals surface area contributed by atoms with Crippen LogP contribution in [-0.2, 0) is 0 Å². The van der Waals surface area contributed by atoms with Crippen LogP contribution in [0.3, 0.4) is 0 Å². The number of halogens is 2. The normalized spacial score (nSPS) is 10.7. The van der Waals surface area contributed by atoms with Gasteiger partial charge in [0.15, 0.2) is 0 Å². The number of ether oxygens (including phenoxy) is 1. The van der Waals surface area contributed by atoms with Crippen molar-refractivity contribution >= 4 is 34.3 Å². The Kier molecular flexibility index (Phi) is 2.85. The van der Waals surface area contributed by atoms with Crippen molar-refractivity contribution in [3.63, 3.8) is 0 Å². The number of alkyl halides is 1. The average molecular weight is 230 g/mol. The Morgan fingerprint density at radius 3 is 2.93 bits per heavy atom. The zero-order valence-corrected chi connectivity index (χ0v) is 8.92. The molecule has 2 nitrogen and oxygen atoms in total. The van der Waals surface area contributed by atoms with Gasteiger partial charge in [0.2, 0.25) is 0 Å². The fourth-order valence-corrected chi connectivity index (χ4v) is 1.66. The SMILES string of the molecule is ClCCOc1cccc2c1ccn2Cl. The molecular weight excluding hydrogens is 221 g/mol. The number of benzene rings is 1. The Balaban J connectivity index is 2.44. The molecule has 2 rings (SSSR count). The number of rotatable bonds is 3. The minimum atomic E-state index is 0.484. The van der Waals surface area contributed by atoms with Crippen molar-refractivity contribution in [2.45, 2.75) is 0 Å². The molecule has 1 aromatic carbocycles. The zero-order valence-electron chi connectivity index (χ0n) is 7.41. The van der Waals surface area contributed by atoms with Crippen molar-refractivity contribution < 1.29 is 4.74 Å². The van der Waals surface area contributed by atoms with Crippen molar-refractivity contribution in [3.8, 4) is 5.75 Å². The molecule has 0 aliphatic rings. The van der Waals surface area contributed by atoms with Gasteiger partial charge in [-0.3, -0.25) is 4.09 Å². The lowest BCUT2D eigenvalue weighted by Gasteiger charge is -2.04. The maximum atomic E-state index is 5.91. The molecule has 0 aliphatic carbocycles. The number of aromatic nitrogens is 1. The molecule has 0 amide bonds. The summed E-state index contributed by atoms with van der Waals surface area (Å²) in [5.74, 6) is 1.31. The van der Waals surface area contributed by atoms with Gasteiger partial charge in [-0.05, 0) is 18.2 Å². The van der Waals surface area contributed by atoms with Gasteiger partial charge >= 0.3 is 0 Å². The van der Waals surface area contributed by atoms with Gasteiger partial charge in [-0.15, -0.1) is 11.6 Å². The highest BCUT2D eigenvalue weighted by atomic mass is 35.5. The third kappa shape index (κ3) is 1.68. The first-order chi connectivity index (χ1) is 6.83. The van der Waals surface area contributed by atoms with Crippen LogP contribution in [0.2, 0.25) is 0 Å². The summed E-state index contributed by atoms with van der Waals surface area (Å²) in [5, 5.41) is 1.01. The number of hydrogen-bond acceptors (Lipinski definition) is 1. The fraction of sp³-hybridized carbons (Fsp3) is 0.200. The maximum Gasteiger partial charge on any atom is 0.128 e. The lowest BCUT2D eigenvalue weighted by molar-refractivity contribution is 0.347. The van der Waals surface area contributed by atoms with Crippen LogP contribution in [0.4, 0.5) is 0 Å². The van der Waals surface area contributed by atoms with Crippen LogP contribution in [0.5, 0.6) is 5.75 Å². The van der Waals surface area contributed by atoms with E-state index >= 15 is 0 Å². The molecule has 0 radical (unpaired) electrons. The minimum Gasteiger partial charge on any atom is -0.492 e. The topological polar surface area (TPSA) is 14.2 Å². The molecule has 0 N–H and O–H groups in total. The third-order valence-corrected chi connectivity index (χ3v) is 2.43. The predicted molar refractivity (Wildman–Crippen MR) is 59.4 cm³/mol. The first kappa shape index (κ1) is 9.69. The minimum absolute atomic E-state index is 0.484. The zero-order chi connectivity index (χ0) is 9.97. The summed E-state index contributed by atoms with van der Waals surface area (Å²) in [6.07, 6.45) is 1.79. The quantitative estimate of drug-likeness (QED) is 0.738. The van der Waals surface area contributed by atoms with E-state index in [0.717, 1.165) is 16.7 Å². The van der Waals surface area contributed by atoms with Crippen LogP contribution >= 0.6 is 23.4 Å². The monoisotopic (exact) mass is 229 g/mol. The van der Waals surface area contributed by atoms with Crippen LogP contribution in [0.25, 0.3) is 10.9 Å². The molecule has 0 atom stereocenters. The van der Waals surface area contributed by atoms with Crippen molar-refractivity contribution in [2.24, 2.45) is 0 Å². The molecule has 0 spiro atoms. The van der Waals surface area contributed by atoms with Gasteiger partial charge in [0.1, 0.15) is 12.4 Å². The van der Waals surface area contributed by atoms with E-state index in [1.807, 2.05) is 24.3 Å². The van der Waals surface area contributed by atoms with Crippen LogP contribution in [-0.4, -0.2) is 16.6 Å². The Hall–Kier alpha value is -0.860. The van der Waals surface area contributed by atoms with Crippen LogP contribution in [0.1, 0.15) is 0 Å². The highest BCUT2D eigenvalue weighted by molar-refractivity contribution is 6.19. The van der Waals surface area contributed by atoms with Gasteiger partial charge < -0.3 is 4.74 Å². The predicted octanol–water partition coefficient (Wildman–Crippen LogP) is 3.26. The lowest BCUT2D eigenvalue weighted by Crippen LogP contribution is -1.97. The molecular formula is C10H9Cl2NO. The summed E-state index contributed by atoms with van der Waals surface area (Å²) in [7, 11) is 0.